The fraction of sp³-hybridized carbons (Fsp3) is 0.250. The highest BCUT2D eigenvalue weighted by Gasteiger charge is 2.32. The molecule has 0 radical (unpaired) electrons. The van der Waals surface area contributed by atoms with Gasteiger partial charge in [0.25, 0.3) is 0 Å². The number of amides is 2. The fourth-order valence-corrected chi connectivity index (χ4v) is 3.80. The largest absolute Gasteiger partial charge is 0.433 e. The number of methoxy groups -OCH3 is 1. The van der Waals surface area contributed by atoms with Crippen LogP contribution in [0.25, 0.3) is 16.6 Å². The lowest BCUT2D eigenvalue weighted by Crippen LogP contribution is -2.22. The molecule has 0 spiro atoms. The summed E-state index contributed by atoms with van der Waals surface area (Å²) in [5.41, 5.74) is 9.74. The molecule has 0 bridgehead atoms. The van der Waals surface area contributed by atoms with Crippen LogP contribution in [-0.4, -0.2) is 39.0 Å². The van der Waals surface area contributed by atoms with E-state index in [0.717, 1.165) is 34.0 Å². The zero-order chi connectivity index (χ0) is 25.9. The molecule has 12 heteroatoms. The highest BCUT2D eigenvalue weighted by Crippen LogP contribution is 2.32. The van der Waals surface area contributed by atoms with Gasteiger partial charge < -0.3 is 15.8 Å². The first kappa shape index (κ1) is 25.1. The number of halogens is 3. The number of benzene rings is 1. The number of nitrogens with zero attached hydrogens (tertiary/aromatic N) is 4. The van der Waals surface area contributed by atoms with Crippen LogP contribution in [0.3, 0.4) is 0 Å². The third-order valence-corrected chi connectivity index (χ3v) is 5.52. The van der Waals surface area contributed by atoms with E-state index in [1.165, 1.54) is 18.5 Å². The Bertz CT molecular complexity index is 1370. The minimum absolute atomic E-state index is 0.212. The first-order chi connectivity index (χ1) is 17.2. The third kappa shape index (κ3) is 5.61. The zero-order valence-electron chi connectivity index (χ0n) is 19.5. The average Bonchev–Trinajstić information content (AvgIpc) is 3.19. The number of aromatic nitrogens is 4. The van der Waals surface area contributed by atoms with Gasteiger partial charge in [-0.3, -0.25) is 5.32 Å². The number of hydrogen-bond donors (Lipinski definition) is 3. The van der Waals surface area contributed by atoms with Crippen molar-refractivity contribution in [2.75, 3.05) is 17.7 Å². The number of carbonyl (C=O) groups excluding carboxylic acids is 1. The number of anilines is 2. The lowest BCUT2D eigenvalue weighted by molar-refractivity contribution is -0.141. The summed E-state index contributed by atoms with van der Waals surface area (Å²) in [6.07, 6.45) is -0.414. The van der Waals surface area contributed by atoms with E-state index >= 15 is 0 Å². The van der Waals surface area contributed by atoms with Crippen LogP contribution in [-0.2, 0) is 17.3 Å². The number of nitrogens with two attached hydrogens (primary N) is 1. The topological polar surface area (TPSA) is 119 Å². The molecule has 1 atom stereocenters. The Kier molecular flexibility index (Phi) is 7.17. The Morgan fingerprint density at radius 3 is 2.61 bits per heavy atom. The molecule has 9 nitrogen and oxygen atoms in total. The first-order valence-electron chi connectivity index (χ1n) is 11.0. The number of nitrogens with one attached hydrogen (secondary N) is 2. The molecule has 1 aromatic carbocycles. The molecule has 0 fully saturated rings. The van der Waals surface area contributed by atoms with E-state index in [9.17, 15) is 18.0 Å². The number of alkyl halides is 3. The summed E-state index contributed by atoms with van der Waals surface area (Å²) in [5.74, 6) is -0.212. The van der Waals surface area contributed by atoms with Crippen LogP contribution < -0.4 is 16.4 Å². The molecule has 3 aromatic heterocycles. The highest BCUT2D eigenvalue weighted by molar-refractivity contribution is 5.99. The van der Waals surface area contributed by atoms with Crippen molar-refractivity contribution in [3.05, 3.63) is 71.9 Å². The van der Waals surface area contributed by atoms with E-state index < -0.39 is 24.1 Å². The minimum Gasteiger partial charge on any atom is -0.367 e. The van der Waals surface area contributed by atoms with Crippen molar-refractivity contribution >= 4 is 23.1 Å². The van der Waals surface area contributed by atoms with Crippen LogP contribution in [0.5, 0.6) is 0 Å². The van der Waals surface area contributed by atoms with Crippen molar-refractivity contribution in [3.8, 4) is 11.1 Å². The molecule has 3 heterocycles. The predicted octanol–water partition coefficient (Wildman–Crippen LogP) is 4.63. The van der Waals surface area contributed by atoms with E-state index in [-0.39, 0.29) is 5.82 Å². The van der Waals surface area contributed by atoms with Gasteiger partial charge in [0, 0.05) is 24.6 Å². The van der Waals surface area contributed by atoms with Gasteiger partial charge in [0.15, 0.2) is 0 Å². The summed E-state index contributed by atoms with van der Waals surface area (Å²) < 4.78 is 45.4. The molecule has 4 aromatic rings. The molecule has 1 unspecified atom stereocenters. The summed E-state index contributed by atoms with van der Waals surface area (Å²) in [4.78, 5) is 20.2. The molecule has 0 saturated heterocycles. The Hall–Kier alpha value is -4.03. The van der Waals surface area contributed by atoms with Crippen molar-refractivity contribution in [1.29, 1.82) is 0 Å². The molecular formula is C24H24F3N7O2. The van der Waals surface area contributed by atoms with Crippen molar-refractivity contribution in [1.82, 2.24) is 19.6 Å². The van der Waals surface area contributed by atoms with Gasteiger partial charge >= 0.3 is 12.2 Å². The molecule has 0 aliphatic heterocycles. The van der Waals surface area contributed by atoms with Gasteiger partial charge in [-0.05, 0) is 55.2 Å². The second-order valence-corrected chi connectivity index (χ2v) is 8.06. The maximum atomic E-state index is 12.8. The van der Waals surface area contributed by atoms with E-state index in [1.807, 2.05) is 25.3 Å². The van der Waals surface area contributed by atoms with Crippen LogP contribution in [0, 0.1) is 6.92 Å². The predicted molar refractivity (Wildman–Crippen MR) is 128 cm³/mol. The summed E-state index contributed by atoms with van der Waals surface area (Å²) in [6.45, 7) is 1.97. The van der Waals surface area contributed by atoms with Gasteiger partial charge in [-0.15, -0.1) is 0 Å². The molecule has 2 amide bonds. The number of fused-ring (bicyclic) bond motifs is 1. The Morgan fingerprint density at radius 2 is 1.92 bits per heavy atom. The van der Waals surface area contributed by atoms with Crippen LogP contribution in [0.1, 0.15) is 23.4 Å². The van der Waals surface area contributed by atoms with Crippen LogP contribution in [0.15, 0.2) is 55.0 Å². The number of hydrogen-bond acceptors (Lipinski definition) is 6. The van der Waals surface area contributed by atoms with Gasteiger partial charge in [0.05, 0.1) is 11.2 Å². The quantitative estimate of drug-likeness (QED) is 0.319. The van der Waals surface area contributed by atoms with Crippen molar-refractivity contribution < 1.29 is 22.7 Å². The van der Waals surface area contributed by atoms with Crippen molar-refractivity contribution in [2.45, 2.75) is 32.2 Å². The Morgan fingerprint density at radius 1 is 1.17 bits per heavy atom. The number of urea groups is 1. The van der Waals surface area contributed by atoms with Crippen LogP contribution in [0.2, 0.25) is 0 Å². The lowest BCUT2D eigenvalue weighted by atomic mass is 10.0. The highest BCUT2D eigenvalue weighted by atomic mass is 19.4. The van der Waals surface area contributed by atoms with Gasteiger partial charge in [-0.1, -0.05) is 18.2 Å². The third-order valence-electron chi connectivity index (χ3n) is 5.52. The molecule has 4 N–H and O–H groups in total. The average molecular weight is 499 g/mol. The lowest BCUT2D eigenvalue weighted by Gasteiger charge is -2.11. The molecule has 0 saturated carbocycles. The van der Waals surface area contributed by atoms with E-state index in [4.69, 9.17) is 10.5 Å². The number of ether oxygens (including phenoxy) is 1. The molecule has 4 rings (SSSR count). The Balaban J connectivity index is 1.52. The fourth-order valence-electron chi connectivity index (χ4n) is 3.80. The van der Waals surface area contributed by atoms with Crippen molar-refractivity contribution in [2.24, 2.45) is 5.73 Å². The molecule has 0 aliphatic rings. The number of pyridine rings is 1. The van der Waals surface area contributed by atoms with E-state index in [2.05, 4.69) is 25.7 Å². The normalized spacial score (nSPS) is 12.5. The van der Waals surface area contributed by atoms with E-state index in [1.54, 1.807) is 23.8 Å². The second-order valence-electron chi connectivity index (χ2n) is 8.06. The summed E-state index contributed by atoms with van der Waals surface area (Å²) >= 11 is 0. The zero-order valence-corrected chi connectivity index (χ0v) is 19.5. The molecule has 0 aliphatic carbocycles. The van der Waals surface area contributed by atoms with Gasteiger partial charge in [-0.2, -0.15) is 18.3 Å². The minimum atomic E-state index is -4.61. The standard InChI is InChI=1S/C24H24F3N7O2/c1-14-12-34-22(17(29-13-30-34)10-11-19(28)36-2)21(14)15-6-8-16(9-7-15)31-23(35)33-20-5-3-4-18(32-20)24(25,26)27/h3-9,12-13,19H,10-11,28H2,1-2H3,(H2,31,32,33,35). The molecule has 188 valence electrons. The number of aryl methyl sites for hydroxylation is 2. The summed E-state index contributed by atoms with van der Waals surface area (Å²) in [5, 5.41) is 9.22. The second kappa shape index (κ2) is 10.3. The van der Waals surface area contributed by atoms with E-state index in [0.29, 0.717) is 18.5 Å². The monoisotopic (exact) mass is 499 g/mol. The van der Waals surface area contributed by atoms with Gasteiger partial charge in [-0.25, -0.2) is 19.3 Å². The summed E-state index contributed by atoms with van der Waals surface area (Å²) in [7, 11) is 1.55. The van der Waals surface area contributed by atoms with Crippen molar-refractivity contribution in [3.63, 3.8) is 0 Å². The molecular weight excluding hydrogens is 475 g/mol. The maximum Gasteiger partial charge on any atom is 0.433 e. The molecule has 36 heavy (non-hydrogen) atoms. The van der Waals surface area contributed by atoms with Gasteiger partial charge in [0.2, 0.25) is 0 Å². The Labute approximate surface area is 204 Å². The summed E-state index contributed by atoms with van der Waals surface area (Å²) in [6, 6.07) is 9.62. The number of carbonyl (C=O) groups is 1. The number of rotatable bonds is 7. The maximum absolute atomic E-state index is 12.8. The van der Waals surface area contributed by atoms with Crippen LogP contribution >= 0.6 is 0 Å². The smallest absolute Gasteiger partial charge is 0.367 e. The first-order valence-corrected chi connectivity index (χ1v) is 11.0. The van der Waals surface area contributed by atoms with Crippen LogP contribution in [0.4, 0.5) is 29.5 Å². The SMILES string of the molecule is COC(N)CCc1ncnn2cc(C)c(-c3ccc(NC(=O)Nc4cccc(C(F)(F)F)n4)cc3)c12. The van der Waals surface area contributed by atoms with Gasteiger partial charge in [0.1, 0.15) is 24.1 Å².